The van der Waals surface area contributed by atoms with Gasteiger partial charge in [0.1, 0.15) is 0 Å². The van der Waals surface area contributed by atoms with Gasteiger partial charge in [0.2, 0.25) is 10.0 Å². The lowest BCUT2D eigenvalue weighted by Crippen LogP contribution is -2.35. The molecule has 7 heteroatoms. The van der Waals surface area contributed by atoms with Crippen molar-refractivity contribution in [1.82, 2.24) is 9.21 Å². The zero-order chi connectivity index (χ0) is 17.0. The average Bonchev–Trinajstić information content (AvgIpc) is 2.88. The Hall–Kier alpha value is -1.44. The van der Waals surface area contributed by atoms with Crippen LogP contribution in [-0.4, -0.2) is 61.9 Å². The van der Waals surface area contributed by atoms with Crippen LogP contribution in [0.15, 0.2) is 23.1 Å². The molecule has 0 saturated carbocycles. The van der Waals surface area contributed by atoms with Crippen LogP contribution < -0.4 is 0 Å². The van der Waals surface area contributed by atoms with Crippen molar-refractivity contribution in [3.05, 3.63) is 29.3 Å². The summed E-state index contributed by atoms with van der Waals surface area (Å²) in [6.07, 6.45) is 0. The van der Waals surface area contributed by atoms with E-state index in [1.165, 1.54) is 18.2 Å². The second kappa shape index (κ2) is 5.29. The first-order valence-electron chi connectivity index (χ1n) is 7.66. The van der Waals surface area contributed by atoms with Gasteiger partial charge in [-0.15, -0.1) is 0 Å². The van der Waals surface area contributed by atoms with E-state index in [0.717, 1.165) is 13.1 Å². The minimum atomic E-state index is -3.59. The molecule has 2 fully saturated rings. The summed E-state index contributed by atoms with van der Waals surface area (Å²) in [4.78, 5) is 13.5. The van der Waals surface area contributed by atoms with Crippen molar-refractivity contribution in [2.24, 2.45) is 11.3 Å². The van der Waals surface area contributed by atoms with Crippen molar-refractivity contribution in [2.45, 2.75) is 18.7 Å². The van der Waals surface area contributed by atoms with Crippen LogP contribution in [0, 0.1) is 18.3 Å². The summed E-state index contributed by atoms with van der Waals surface area (Å²) in [5, 5.41) is 9.02. The van der Waals surface area contributed by atoms with E-state index < -0.39 is 16.0 Å². The van der Waals surface area contributed by atoms with E-state index in [-0.39, 0.29) is 15.9 Å². The highest BCUT2D eigenvalue weighted by molar-refractivity contribution is 7.89. The molecule has 2 aliphatic rings. The molecule has 0 amide bonds. The molecule has 0 aromatic heterocycles. The first-order chi connectivity index (χ1) is 10.6. The number of likely N-dealkylation sites (tertiary alicyclic amines) is 1. The van der Waals surface area contributed by atoms with Crippen LogP contribution in [0.5, 0.6) is 0 Å². The number of aryl methyl sites for hydroxylation is 1. The highest BCUT2D eigenvalue weighted by Gasteiger charge is 2.51. The van der Waals surface area contributed by atoms with Crippen molar-refractivity contribution in [2.75, 3.05) is 33.2 Å². The van der Waals surface area contributed by atoms with Crippen LogP contribution in [0.4, 0.5) is 0 Å². The molecule has 23 heavy (non-hydrogen) atoms. The Labute approximate surface area is 136 Å². The smallest absolute Gasteiger partial charge is 0.335 e. The number of rotatable bonds is 3. The molecule has 1 aromatic rings. The predicted octanol–water partition coefficient (Wildman–Crippen LogP) is 1.27. The van der Waals surface area contributed by atoms with E-state index in [1.807, 2.05) is 0 Å². The molecule has 126 valence electrons. The molecule has 2 heterocycles. The molecule has 0 spiro atoms. The Morgan fingerprint density at radius 1 is 1.30 bits per heavy atom. The Kier molecular flexibility index (Phi) is 3.78. The Bertz CT molecular complexity index is 761. The first-order valence-corrected chi connectivity index (χ1v) is 9.10. The monoisotopic (exact) mass is 338 g/mol. The van der Waals surface area contributed by atoms with E-state index in [9.17, 15) is 13.2 Å². The summed E-state index contributed by atoms with van der Waals surface area (Å²) in [6.45, 7) is 6.66. The molecule has 2 saturated heterocycles. The first kappa shape index (κ1) is 16.4. The minimum Gasteiger partial charge on any atom is -0.478 e. The quantitative estimate of drug-likeness (QED) is 0.898. The fraction of sp³-hybridized carbons (Fsp3) is 0.562. The number of nitrogens with zero attached hydrogens (tertiary/aromatic N) is 2. The van der Waals surface area contributed by atoms with Gasteiger partial charge in [-0.05, 0) is 49.1 Å². The van der Waals surface area contributed by atoms with Crippen LogP contribution in [-0.2, 0) is 10.0 Å². The molecule has 0 bridgehead atoms. The number of carboxylic acids is 1. The standard InChI is InChI=1S/C16H22N2O4S/c1-11-6-12(15(19)20)4-5-14(11)23(21,22)18-8-13-7-17(3)9-16(13,2)10-18/h4-6,13H,7-10H2,1-3H3,(H,19,20)/t13-,16+/m1/s1. The molecule has 2 aliphatic heterocycles. The fourth-order valence-electron chi connectivity index (χ4n) is 3.97. The molecular formula is C16H22N2O4S. The third kappa shape index (κ3) is 2.66. The number of hydrogen-bond acceptors (Lipinski definition) is 4. The van der Waals surface area contributed by atoms with Gasteiger partial charge in [-0.25, -0.2) is 13.2 Å². The van der Waals surface area contributed by atoms with E-state index in [0.29, 0.717) is 24.6 Å². The fourth-order valence-corrected chi connectivity index (χ4v) is 5.80. The normalized spacial score (nSPS) is 28.9. The SMILES string of the molecule is Cc1cc(C(=O)O)ccc1S(=O)(=O)N1C[C@H]2CN(C)C[C@@]2(C)C1. The van der Waals surface area contributed by atoms with Gasteiger partial charge in [0.15, 0.2) is 0 Å². The van der Waals surface area contributed by atoms with Gasteiger partial charge in [0.05, 0.1) is 10.5 Å². The summed E-state index contributed by atoms with van der Waals surface area (Å²) in [7, 11) is -1.52. The van der Waals surface area contributed by atoms with Crippen molar-refractivity contribution in [3.63, 3.8) is 0 Å². The van der Waals surface area contributed by atoms with Gasteiger partial charge in [-0.1, -0.05) is 6.92 Å². The van der Waals surface area contributed by atoms with Crippen LogP contribution in [0.2, 0.25) is 0 Å². The van der Waals surface area contributed by atoms with E-state index in [4.69, 9.17) is 5.11 Å². The van der Waals surface area contributed by atoms with Crippen molar-refractivity contribution < 1.29 is 18.3 Å². The molecule has 0 radical (unpaired) electrons. The van der Waals surface area contributed by atoms with Crippen LogP contribution >= 0.6 is 0 Å². The maximum atomic E-state index is 13.0. The van der Waals surface area contributed by atoms with Crippen molar-refractivity contribution in [1.29, 1.82) is 0 Å². The minimum absolute atomic E-state index is 0.00324. The van der Waals surface area contributed by atoms with E-state index in [1.54, 1.807) is 11.2 Å². The Balaban J connectivity index is 1.90. The molecule has 2 atom stereocenters. The highest BCUT2D eigenvalue weighted by Crippen LogP contribution is 2.43. The summed E-state index contributed by atoms with van der Waals surface area (Å²) < 4.78 is 27.5. The number of hydrogen-bond donors (Lipinski definition) is 1. The molecule has 1 N–H and O–H groups in total. The molecule has 0 unspecified atom stereocenters. The van der Waals surface area contributed by atoms with Gasteiger partial charge in [-0.2, -0.15) is 4.31 Å². The van der Waals surface area contributed by atoms with Crippen LogP contribution in [0.1, 0.15) is 22.8 Å². The lowest BCUT2D eigenvalue weighted by Gasteiger charge is -2.24. The molecular weight excluding hydrogens is 316 g/mol. The largest absolute Gasteiger partial charge is 0.478 e. The topological polar surface area (TPSA) is 77.9 Å². The third-order valence-electron chi connectivity index (χ3n) is 5.15. The number of carbonyl (C=O) groups is 1. The third-order valence-corrected chi connectivity index (χ3v) is 7.12. The predicted molar refractivity (Wildman–Crippen MR) is 86.0 cm³/mol. The molecule has 3 rings (SSSR count). The van der Waals surface area contributed by atoms with Gasteiger partial charge >= 0.3 is 5.97 Å². The molecule has 0 aliphatic carbocycles. The number of sulfonamides is 1. The summed E-state index contributed by atoms with van der Waals surface area (Å²) >= 11 is 0. The summed E-state index contributed by atoms with van der Waals surface area (Å²) in [6, 6.07) is 4.19. The number of benzene rings is 1. The number of fused-ring (bicyclic) bond motifs is 1. The van der Waals surface area contributed by atoms with Crippen molar-refractivity contribution >= 4 is 16.0 Å². The van der Waals surface area contributed by atoms with Gasteiger partial charge in [0.25, 0.3) is 0 Å². The highest BCUT2D eigenvalue weighted by atomic mass is 32.2. The molecule has 6 nitrogen and oxygen atoms in total. The zero-order valence-electron chi connectivity index (χ0n) is 13.6. The second-order valence-electron chi connectivity index (χ2n) is 7.13. The maximum Gasteiger partial charge on any atom is 0.335 e. The van der Waals surface area contributed by atoms with Gasteiger partial charge < -0.3 is 10.0 Å². The Morgan fingerprint density at radius 3 is 2.57 bits per heavy atom. The average molecular weight is 338 g/mol. The van der Waals surface area contributed by atoms with E-state index in [2.05, 4.69) is 18.9 Å². The summed E-state index contributed by atoms with van der Waals surface area (Å²) in [5.41, 5.74) is 0.578. The lowest BCUT2D eigenvalue weighted by atomic mass is 9.83. The van der Waals surface area contributed by atoms with Crippen LogP contribution in [0.25, 0.3) is 0 Å². The van der Waals surface area contributed by atoms with Gasteiger partial charge in [0, 0.05) is 26.2 Å². The lowest BCUT2D eigenvalue weighted by molar-refractivity contribution is 0.0696. The van der Waals surface area contributed by atoms with Gasteiger partial charge in [-0.3, -0.25) is 0 Å². The Morgan fingerprint density at radius 2 is 2.00 bits per heavy atom. The molecule has 1 aromatic carbocycles. The zero-order valence-corrected chi connectivity index (χ0v) is 14.4. The number of carboxylic acid groups (broad SMARTS) is 1. The van der Waals surface area contributed by atoms with E-state index >= 15 is 0 Å². The van der Waals surface area contributed by atoms with Crippen molar-refractivity contribution in [3.8, 4) is 0 Å². The maximum absolute atomic E-state index is 13.0. The van der Waals surface area contributed by atoms with Crippen LogP contribution in [0.3, 0.4) is 0 Å². The number of aromatic carboxylic acids is 1. The summed E-state index contributed by atoms with van der Waals surface area (Å²) in [5.74, 6) is -0.704. The second-order valence-corrected chi connectivity index (χ2v) is 9.04.